The van der Waals surface area contributed by atoms with Crippen molar-refractivity contribution in [2.24, 2.45) is 0 Å². The van der Waals surface area contributed by atoms with Gasteiger partial charge in [-0.3, -0.25) is 4.79 Å². The maximum Gasteiger partial charge on any atom is 0.256 e. The number of hydrogen-bond acceptors (Lipinski definition) is 2. The predicted octanol–water partition coefficient (Wildman–Crippen LogP) is 3.45. The number of halogens is 2. The highest BCUT2D eigenvalue weighted by Crippen LogP contribution is 2.24. The van der Waals surface area contributed by atoms with E-state index < -0.39 is 5.82 Å². The van der Waals surface area contributed by atoms with Gasteiger partial charge in [0.25, 0.3) is 5.91 Å². The van der Waals surface area contributed by atoms with Crippen molar-refractivity contribution in [1.29, 1.82) is 0 Å². The minimum absolute atomic E-state index is 0.0734. The van der Waals surface area contributed by atoms with E-state index in [4.69, 9.17) is 11.6 Å². The Morgan fingerprint density at radius 3 is 3.11 bits per heavy atom. The molecule has 18 heavy (non-hydrogen) atoms. The van der Waals surface area contributed by atoms with E-state index in [0.29, 0.717) is 23.4 Å². The van der Waals surface area contributed by atoms with Crippen LogP contribution in [0.15, 0.2) is 18.2 Å². The zero-order chi connectivity index (χ0) is 13.1. The van der Waals surface area contributed by atoms with Gasteiger partial charge in [-0.25, -0.2) is 4.39 Å². The molecule has 1 aromatic rings. The summed E-state index contributed by atoms with van der Waals surface area (Å²) in [5.41, 5.74) is 0.0734. The molecule has 2 nitrogen and oxygen atoms in total. The molecule has 0 N–H and O–H groups in total. The van der Waals surface area contributed by atoms with Gasteiger partial charge >= 0.3 is 0 Å². The number of carbonyl (C=O) groups excluding carboxylic acids is 1. The maximum absolute atomic E-state index is 13.6. The van der Waals surface area contributed by atoms with E-state index in [1.54, 1.807) is 4.90 Å². The molecule has 98 valence electrons. The summed E-state index contributed by atoms with van der Waals surface area (Å²) in [7, 11) is 0. The van der Waals surface area contributed by atoms with Gasteiger partial charge in [-0.2, -0.15) is 11.8 Å². The van der Waals surface area contributed by atoms with Gasteiger partial charge in [-0.1, -0.05) is 18.5 Å². The van der Waals surface area contributed by atoms with E-state index >= 15 is 0 Å². The third-order valence-corrected chi connectivity index (χ3v) is 4.65. The van der Waals surface area contributed by atoms with Crippen LogP contribution < -0.4 is 0 Å². The molecule has 5 heteroatoms. The van der Waals surface area contributed by atoms with Crippen LogP contribution in [0.2, 0.25) is 5.02 Å². The molecule has 0 bridgehead atoms. The highest BCUT2D eigenvalue weighted by molar-refractivity contribution is 8.00. The van der Waals surface area contributed by atoms with Gasteiger partial charge in [0, 0.05) is 29.1 Å². The molecule has 1 atom stereocenters. The molecular weight excluding hydrogens is 273 g/mol. The number of thioether (sulfide) groups is 1. The second-order valence-electron chi connectivity index (χ2n) is 4.28. The summed E-state index contributed by atoms with van der Waals surface area (Å²) in [6.45, 7) is 3.46. The maximum atomic E-state index is 13.6. The van der Waals surface area contributed by atoms with Gasteiger partial charge in [-0.05, 0) is 24.6 Å². The van der Waals surface area contributed by atoms with E-state index in [1.165, 1.54) is 18.2 Å². The summed E-state index contributed by atoms with van der Waals surface area (Å²) in [4.78, 5) is 14.0. The summed E-state index contributed by atoms with van der Waals surface area (Å²) >= 11 is 7.69. The predicted molar refractivity (Wildman–Crippen MR) is 73.9 cm³/mol. The second-order valence-corrected chi connectivity index (χ2v) is 6.12. The average molecular weight is 288 g/mol. The molecule has 1 aliphatic heterocycles. The van der Waals surface area contributed by atoms with Crippen molar-refractivity contribution in [3.05, 3.63) is 34.6 Å². The lowest BCUT2D eigenvalue weighted by Gasteiger charge is -2.32. The molecule has 1 saturated heterocycles. The van der Waals surface area contributed by atoms with E-state index in [2.05, 4.69) is 6.92 Å². The monoisotopic (exact) mass is 287 g/mol. The highest BCUT2D eigenvalue weighted by Gasteiger charge is 2.25. The van der Waals surface area contributed by atoms with Crippen molar-refractivity contribution in [1.82, 2.24) is 4.90 Å². The third-order valence-electron chi connectivity index (χ3n) is 3.04. The number of nitrogens with zero attached hydrogens (tertiary/aromatic N) is 1. The minimum atomic E-state index is -0.504. The van der Waals surface area contributed by atoms with E-state index in [1.807, 2.05) is 11.8 Å². The summed E-state index contributed by atoms with van der Waals surface area (Å²) in [6, 6.07) is 4.10. The van der Waals surface area contributed by atoms with Gasteiger partial charge in [0.1, 0.15) is 5.82 Å². The summed E-state index contributed by atoms with van der Waals surface area (Å²) < 4.78 is 13.6. The van der Waals surface area contributed by atoms with E-state index in [9.17, 15) is 9.18 Å². The molecule has 0 saturated carbocycles. The molecule has 1 amide bonds. The first-order valence-electron chi connectivity index (χ1n) is 5.97. The molecule has 0 spiro atoms. The van der Waals surface area contributed by atoms with Crippen LogP contribution in [0.25, 0.3) is 0 Å². The number of benzene rings is 1. The molecule has 1 aliphatic rings. The van der Waals surface area contributed by atoms with E-state index in [0.717, 1.165) is 12.2 Å². The van der Waals surface area contributed by atoms with Crippen LogP contribution in [0.5, 0.6) is 0 Å². The quantitative estimate of drug-likeness (QED) is 0.830. The zero-order valence-corrected chi connectivity index (χ0v) is 11.7. The molecule has 0 aliphatic carbocycles. The third kappa shape index (κ3) is 2.98. The molecule has 2 rings (SSSR count). The van der Waals surface area contributed by atoms with Gasteiger partial charge in [-0.15, -0.1) is 0 Å². The number of amides is 1. The SMILES string of the molecule is CCC1CN(C(=O)c2cc(Cl)ccc2F)CCS1. The van der Waals surface area contributed by atoms with Crippen LogP contribution in [-0.2, 0) is 0 Å². The van der Waals surface area contributed by atoms with Gasteiger partial charge in [0.15, 0.2) is 0 Å². The van der Waals surface area contributed by atoms with Crippen LogP contribution in [-0.4, -0.2) is 34.9 Å². The Morgan fingerprint density at radius 1 is 1.61 bits per heavy atom. The van der Waals surface area contributed by atoms with Crippen LogP contribution in [0.1, 0.15) is 23.7 Å². The van der Waals surface area contributed by atoms with Gasteiger partial charge < -0.3 is 4.90 Å². The standard InChI is InChI=1S/C13H15ClFNOS/c1-2-10-8-16(5-6-18-10)13(17)11-7-9(14)3-4-12(11)15/h3-4,7,10H,2,5-6,8H2,1H3. The van der Waals surface area contributed by atoms with Crippen molar-refractivity contribution in [3.63, 3.8) is 0 Å². The minimum Gasteiger partial charge on any atom is -0.337 e. The fraction of sp³-hybridized carbons (Fsp3) is 0.462. The molecule has 1 unspecified atom stereocenters. The zero-order valence-electron chi connectivity index (χ0n) is 10.2. The number of carbonyl (C=O) groups is 1. The lowest BCUT2D eigenvalue weighted by molar-refractivity contribution is 0.0756. The smallest absolute Gasteiger partial charge is 0.256 e. The summed E-state index contributed by atoms with van der Waals surface area (Å²) in [6.07, 6.45) is 1.02. The Labute approximate surface area is 115 Å². The van der Waals surface area contributed by atoms with Crippen LogP contribution in [0.4, 0.5) is 4.39 Å². The van der Waals surface area contributed by atoms with Gasteiger partial charge in [0.2, 0.25) is 0 Å². The van der Waals surface area contributed by atoms with Crippen molar-refractivity contribution >= 4 is 29.3 Å². The van der Waals surface area contributed by atoms with Crippen molar-refractivity contribution in [3.8, 4) is 0 Å². The van der Waals surface area contributed by atoms with Crippen molar-refractivity contribution < 1.29 is 9.18 Å². The fourth-order valence-corrected chi connectivity index (χ4v) is 3.33. The lowest BCUT2D eigenvalue weighted by Crippen LogP contribution is -2.42. The molecule has 0 radical (unpaired) electrons. The molecule has 1 fully saturated rings. The number of hydrogen-bond donors (Lipinski definition) is 0. The summed E-state index contributed by atoms with van der Waals surface area (Å²) in [5, 5.41) is 0.836. The molecular formula is C13H15ClFNOS. The Bertz CT molecular complexity index is 455. The number of rotatable bonds is 2. The molecule has 1 heterocycles. The Morgan fingerprint density at radius 2 is 2.39 bits per heavy atom. The van der Waals surface area contributed by atoms with Crippen molar-refractivity contribution in [2.45, 2.75) is 18.6 Å². The Kier molecular flexibility index (Phi) is 4.51. The first-order chi connectivity index (χ1) is 8.61. The Hall–Kier alpha value is -0.740. The van der Waals surface area contributed by atoms with Crippen molar-refractivity contribution in [2.75, 3.05) is 18.8 Å². The summed E-state index contributed by atoms with van der Waals surface area (Å²) in [5.74, 6) is 0.149. The van der Waals surface area contributed by atoms with Gasteiger partial charge in [0.05, 0.1) is 5.56 Å². The van der Waals surface area contributed by atoms with E-state index in [-0.39, 0.29) is 11.5 Å². The first kappa shape index (κ1) is 13.7. The van der Waals surface area contributed by atoms with Crippen LogP contribution in [0, 0.1) is 5.82 Å². The Balaban J connectivity index is 2.17. The second kappa shape index (κ2) is 5.93. The average Bonchev–Trinajstić information content (AvgIpc) is 2.41. The highest BCUT2D eigenvalue weighted by atomic mass is 35.5. The largest absolute Gasteiger partial charge is 0.337 e. The topological polar surface area (TPSA) is 20.3 Å². The normalized spacial score (nSPS) is 19.9. The van der Waals surface area contributed by atoms with Crippen LogP contribution >= 0.6 is 23.4 Å². The fourth-order valence-electron chi connectivity index (χ4n) is 1.98. The molecule has 1 aromatic carbocycles. The van der Waals surface area contributed by atoms with Crippen LogP contribution in [0.3, 0.4) is 0 Å². The first-order valence-corrected chi connectivity index (χ1v) is 7.40. The lowest BCUT2D eigenvalue weighted by atomic mass is 10.1. The molecule has 0 aromatic heterocycles.